The van der Waals surface area contributed by atoms with Crippen molar-refractivity contribution in [2.24, 2.45) is 10.9 Å². The number of aromatic nitrogens is 1. The Morgan fingerprint density at radius 2 is 2.04 bits per heavy atom. The number of aliphatic imine (C=N–C) groups is 1. The van der Waals surface area contributed by atoms with E-state index in [1.807, 2.05) is 6.92 Å². The first-order chi connectivity index (χ1) is 13.0. The predicted octanol–water partition coefficient (Wildman–Crippen LogP) is 3.23. The van der Waals surface area contributed by atoms with Crippen molar-refractivity contribution in [1.29, 1.82) is 0 Å². The van der Waals surface area contributed by atoms with Crippen LogP contribution in [0.5, 0.6) is 0 Å². The summed E-state index contributed by atoms with van der Waals surface area (Å²) in [5, 5.41) is 17.8. The van der Waals surface area contributed by atoms with Crippen molar-refractivity contribution in [2.45, 2.75) is 40.2 Å². The normalized spacial score (nSPS) is 12.9. The second-order valence-electron chi connectivity index (χ2n) is 7.29. The molecule has 1 atom stereocenters. The predicted molar refractivity (Wildman–Crippen MR) is 128 cm³/mol. The molecular formula is C21H35IN4O2. The summed E-state index contributed by atoms with van der Waals surface area (Å²) < 4.78 is 5.47. The van der Waals surface area contributed by atoms with Crippen molar-refractivity contribution in [3.05, 3.63) is 35.5 Å². The van der Waals surface area contributed by atoms with E-state index in [4.69, 9.17) is 4.74 Å². The third kappa shape index (κ3) is 7.97. The van der Waals surface area contributed by atoms with Crippen molar-refractivity contribution in [3.8, 4) is 0 Å². The van der Waals surface area contributed by atoms with E-state index < -0.39 is 6.10 Å². The van der Waals surface area contributed by atoms with E-state index >= 15 is 0 Å². The molecule has 0 saturated carbocycles. The van der Waals surface area contributed by atoms with Gasteiger partial charge in [0.2, 0.25) is 0 Å². The summed E-state index contributed by atoms with van der Waals surface area (Å²) in [4.78, 5) is 7.83. The summed E-state index contributed by atoms with van der Waals surface area (Å²) in [5.41, 5.74) is 3.76. The van der Waals surface area contributed by atoms with Crippen LogP contribution in [0.3, 0.4) is 0 Å². The second-order valence-corrected chi connectivity index (χ2v) is 7.29. The van der Waals surface area contributed by atoms with Gasteiger partial charge in [-0.15, -0.1) is 24.0 Å². The lowest BCUT2D eigenvalue weighted by atomic mass is 10.1. The number of aliphatic hydroxyl groups is 1. The number of aryl methyl sites for hydroxylation is 1. The molecule has 0 aliphatic rings. The van der Waals surface area contributed by atoms with Gasteiger partial charge in [0.05, 0.1) is 19.3 Å². The number of fused-ring (bicyclic) bond motifs is 1. The number of halogens is 1. The molecule has 0 amide bonds. The summed E-state index contributed by atoms with van der Waals surface area (Å²) in [6, 6.07) is 6.37. The number of rotatable bonds is 10. The number of hydrogen-bond acceptors (Lipinski definition) is 3. The van der Waals surface area contributed by atoms with E-state index in [2.05, 4.69) is 65.8 Å². The molecule has 0 aliphatic carbocycles. The summed E-state index contributed by atoms with van der Waals surface area (Å²) in [5.74, 6) is 1.18. The number of ether oxygens (including phenoxy) is 1. The Kier molecular flexibility index (Phi) is 11.5. The topological polar surface area (TPSA) is 81.7 Å². The lowest BCUT2D eigenvalue weighted by Gasteiger charge is -2.14. The number of nitrogens with zero attached hydrogens (tertiary/aromatic N) is 1. The van der Waals surface area contributed by atoms with Crippen LogP contribution < -0.4 is 10.6 Å². The fraction of sp³-hybridized carbons (Fsp3) is 0.571. The number of para-hydroxylation sites is 1. The van der Waals surface area contributed by atoms with E-state index in [0.717, 1.165) is 25.5 Å². The van der Waals surface area contributed by atoms with Crippen LogP contribution in [0.15, 0.2) is 29.4 Å². The van der Waals surface area contributed by atoms with Gasteiger partial charge in [-0.3, -0.25) is 4.99 Å². The quantitative estimate of drug-likeness (QED) is 0.229. The van der Waals surface area contributed by atoms with Crippen molar-refractivity contribution in [2.75, 3.05) is 32.8 Å². The number of hydrogen-bond donors (Lipinski definition) is 4. The SMILES string of the molecule is CCNC(=NCC(O)COCC(C)C)NCCc1c[nH]c2c(C)cccc12.I. The fourth-order valence-electron chi connectivity index (χ4n) is 2.92. The Bertz CT molecular complexity index is 730. The molecule has 158 valence electrons. The molecule has 4 N–H and O–H groups in total. The standard InChI is InChI=1S/C21H34N4O2.HI/c1-5-22-21(25-12-18(26)14-27-13-15(2)3)23-10-9-17-11-24-20-16(4)7-6-8-19(17)20;/h6-8,11,15,18,24,26H,5,9-10,12-14H2,1-4H3,(H2,22,23,25);1H. The second kappa shape index (κ2) is 13.0. The van der Waals surface area contributed by atoms with E-state index in [1.165, 1.54) is 22.0 Å². The van der Waals surface area contributed by atoms with E-state index in [9.17, 15) is 5.11 Å². The number of guanidine groups is 1. The molecule has 0 bridgehead atoms. The number of aromatic amines is 1. The number of nitrogens with one attached hydrogen (secondary N) is 3. The van der Waals surface area contributed by atoms with Gasteiger partial charge in [0.25, 0.3) is 0 Å². The van der Waals surface area contributed by atoms with Gasteiger partial charge in [-0.2, -0.15) is 0 Å². The maximum atomic E-state index is 10.0. The van der Waals surface area contributed by atoms with Gasteiger partial charge < -0.3 is 25.5 Å². The molecule has 0 spiro atoms. The maximum absolute atomic E-state index is 10.0. The van der Waals surface area contributed by atoms with Gasteiger partial charge in [0, 0.05) is 36.8 Å². The highest BCUT2D eigenvalue weighted by Gasteiger charge is 2.07. The van der Waals surface area contributed by atoms with Gasteiger partial charge in [-0.25, -0.2) is 0 Å². The zero-order chi connectivity index (χ0) is 19.6. The van der Waals surface area contributed by atoms with Crippen molar-refractivity contribution < 1.29 is 9.84 Å². The molecule has 7 heteroatoms. The first kappa shape index (κ1) is 24.7. The molecule has 1 aromatic heterocycles. The van der Waals surface area contributed by atoms with Crippen LogP contribution in [0.1, 0.15) is 31.9 Å². The molecule has 0 radical (unpaired) electrons. The van der Waals surface area contributed by atoms with Gasteiger partial charge in [0.1, 0.15) is 0 Å². The van der Waals surface area contributed by atoms with Crippen LogP contribution in [0.4, 0.5) is 0 Å². The zero-order valence-corrected chi connectivity index (χ0v) is 19.7. The zero-order valence-electron chi connectivity index (χ0n) is 17.4. The Hall–Kier alpha value is -1.32. The molecule has 1 aromatic carbocycles. The first-order valence-electron chi connectivity index (χ1n) is 9.84. The first-order valence-corrected chi connectivity index (χ1v) is 9.84. The lowest BCUT2D eigenvalue weighted by Crippen LogP contribution is -2.39. The van der Waals surface area contributed by atoms with Crippen molar-refractivity contribution in [3.63, 3.8) is 0 Å². The van der Waals surface area contributed by atoms with Crippen LogP contribution in [-0.2, 0) is 11.2 Å². The monoisotopic (exact) mass is 502 g/mol. The van der Waals surface area contributed by atoms with Gasteiger partial charge >= 0.3 is 0 Å². The van der Waals surface area contributed by atoms with Crippen LogP contribution in [-0.4, -0.2) is 55.0 Å². The average Bonchev–Trinajstić information content (AvgIpc) is 3.04. The van der Waals surface area contributed by atoms with Crippen LogP contribution >= 0.6 is 24.0 Å². The van der Waals surface area contributed by atoms with Gasteiger partial charge in [-0.05, 0) is 37.3 Å². The van der Waals surface area contributed by atoms with Gasteiger partial charge in [0.15, 0.2) is 5.96 Å². The highest BCUT2D eigenvalue weighted by molar-refractivity contribution is 14.0. The third-order valence-electron chi connectivity index (χ3n) is 4.26. The minimum atomic E-state index is -0.587. The largest absolute Gasteiger partial charge is 0.389 e. The molecular weight excluding hydrogens is 467 g/mol. The van der Waals surface area contributed by atoms with Crippen LogP contribution in [0.25, 0.3) is 10.9 Å². The molecule has 2 aromatic rings. The van der Waals surface area contributed by atoms with Crippen LogP contribution in [0.2, 0.25) is 0 Å². The molecule has 0 aliphatic heterocycles. The Morgan fingerprint density at radius 1 is 1.25 bits per heavy atom. The van der Waals surface area contributed by atoms with E-state index in [0.29, 0.717) is 25.7 Å². The Balaban J connectivity index is 0.00000392. The third-order valence-corrected chi connectivity index (χ3v) is 4.26. The molecule has 0 saturated heterocycles. The van der Waals surface area contributed by atoms with E-state index in [1.54, 1.807) is 0 Å². The number of aliphatic hydroxyl groups excluding tert-OH is 1. The average molecular weight is 502 g/mol. The summed E-state index contributed by atoms with van der Waals surface area (Å²) >= 11 is 0. The fourth-order valence-corrected chi connectivity index (χ4v) is 2.92. The highest BCUT2D eigenvalue weighted by atomic mass is 127. The van der Waals surface area contributed by atoms with Gasteiger partial charge in [-0.1, -0.05) is 32.0 Å². The van der Waals surface area contributed by atoms with E-state index in [-0.39, 0.29) is 24.0 Å². The summed E-state index contributed by atoms with van der Waals surface area (Å²) in [6.45, 7) is 11.2. The maximum Gasteiger partial charge on any atom is 0.191 e. The summed E-state index contributed by atoms with van der Waals surface area (Å²) in [7, 11) is 0. The minimum absolute atomic E-state index is 0. The molecule has 28 heavy (non-hydrogen) atoms. The van der Waals surface area contributed by atoms with Crippen molar-refractivity contribution in [1.82, 2.24) is 15.6 Å². The molecule has 0 fully saturated rings. The minimum Gasteiger partial charge on any atom is -0.389 e. The Labute approximate surface area is 185 Å². The number of H-pyrrole nitrogens is 1. The lowest BCUT2D eigenvalue weighted by molar-refractivity contribution is 0.0301. The molecule has 1 unspecified atom stereocenters. The van der Waals surface area contributed by atoms with Crippen molar-refractivity contribution >= 4 is 40.8 Å². The Morgan fingerprint density at radius 3 is 2.75 bits per heavy atom. The van der Waals surface area contributed by atoms with Crippen LogP contribution in [0, 0.1) is 12.8 Å². The molecule has 1 heterocycles. The smallest absolute Gasteiger partial charge is 0.191 e. The molecule has 2 rings (SSSR count). The highest BCUT2D eigenvalue weighted by Crippen LogP contribution is 2.21. The number of benzene rings is 1. The molecule has 6 nitrogen and oxygen atoms in total. The summed E-state index contributed by atoms with van der Waals surface area (Å²) in [6.07, 6.45) is 2.39.